The van der Waals surface area contributed by atoms with Gasteiger partial charge in [0, 0.05) is 24.8 Å². The van der Waals surface area contributed by atoms with Gasteiger partial charge in [0.05, 0.1) is 5.69 Å². The molecule has 2 aromatic carbocycles. The maximum atomic E-state index is 12.3. The van der Waals surface area contributed by atoms with Crippen LogP contribution in [-0.4, -0.2) is 22.2 Å². The second-order valence-electron chi connectivity index (χ2n) is 6.22. The number of nitrogens with one attached hydrogen (secondary N) is 1. The van der Waals surface area contributed by atoms with E-state index in [0.29, 0.717) is 17.9 Å². The Labute approximate surface area is 153 Å². The number of hydrogen-bond donors (Lipinski definition) is 1. The van der Waals surface area contributed by atoms with Gasteiger partial charge in [-0.05, 0) is 62.2 Å². The van der Waals surface area contributed by atoms with E-state index in [1.165, 1.54) is 5.56 Å². The Balaban J connectivity index is 1.55. The predicted octanol–water partition coefficient (Wildman–Crippen LogP) is 3.80. The second kappa shape index (κ2) is 7.87. The molecule has 0 saturated carbocycles. The summed E-state index contributed by atoms with van der Waals surface area (Å²) in [4.78, 5) is 12.3. The van der Waals surface area contributed by atoms with E-state index < -0.39 is 0 Å². The molecule has 5 heteroatoms. The summed E-state index contributed by atoms with van der Waals surface area (Å²) in [7, 11) is 1.93. The number of carbonyl (C=O) groups is 1. The van der Waals surface area contributed by atoms with Gasteiger partial charge in [0.2, 0.25) is 0 Å². The summed E-state index contributed by atoms with van der Waals surface area (Å²) in [6.07, 6.45) is 0.770. The molecule has 0 atom stereocenters. The number of rotatable bonds is 6. The maximum Gasteiger partial charge on any atom is 0.251 e. The van der Waals surface area contributed by atoms with Gasteiger partial charge in [-0.25, -0.2) is 0 Å². The SMILES string of the molecule is Cc1nn(C)c(C)c1CCNC(=O)c1ccc(Oc2ccccc2)cc1. The number of carbonyl (C=O) groups excluding carboxylic acids is 1. The molecule has 0 aliphatic carbocycles. The van der Waals surface area contributed by atoms with E-state index in [1.54, 1.807) is 24.3 Å². The molecule has 0 radical (unpaired) electrons. The molecule has 0 aliphatic rings. The van der Waals surface area contributed by atoms with E-state index in [4.69, 9.17) is 4.74 Å². The van der Waals surface area contributed by atoms with E-state index in [2.05, 4.69) is 10.4 Å². The number of amides is 1. The van der Waals surface area contributed by atoms with E-state index in [-0.39, 0.29) is 5.91 Å². The molecule has 0 spiro atoms. The van der Waals surface area contributed by atoms with Gasteiger partial charge in [-0.2, -0.15) is 5.10 Å². The zero-order valence-electron chi connectivity index (χ0n) is 15.3. The van der Waals surface area contributed by atoms with Crippen molar-refractivity contribution < 1.29 is 9.53 Å². The van der Waals surface area contributed by atoms with Gasteiger partial charge in [-0.15, -0.1) is 0 Å². The highest BCUT2D eigenvalue weighted by Gasteiger charge is 2.10. The number of benzene rings is 2. The van der Waals surface area contributed by atoms with Crippen molar-refractivity contribution in [2.45, 2.75) is 20.3 Å². The Morgan fingerprint density at radius 3 is 2.31 bits per heavy atom. The number of nitrogens with zero attached hydrogens (tertiary/aromatic N) is 2. The van der Waals surface area contributed by atoms with Crippen LogP contribution in [0.1, 0.15) is 27.3 Å². The molecule has 0 bridgehead atoms. The lowest BCUT2D eigenvalue weighted by molar-refractivity contribution is 0.0954. The van der Waals surface area contributed by atoms with Gasteiger partial charge >= 0.3 is 0 Å². The molecule has 1 heterocycles. The largest absolute Gasteiger partial charge is 0.457 e. The summed E-state index contributed by atoms with van der Waals surface area (Å²) in [5.74, 6) is 1.39. The first-order valence-corrected chi connectivity index (χ1v) is 8.65. The lowest BCUT2D eigenvalue weighted by Crippen LogP contribution is -2.25. The molecule has 134 valence electrons. The maximum absolute atomic E-state index is 12.3. The number of aromatic nitrogens is 2. The monoisotopic (exact) mass is 349 g/mol. The van der Waals surface area contributed by atoms with Crippen molar-refractivity contribution >= 4 is 5.91 Å². The summed E-state index contributed by atoms with van der Waals surface area (Å²) >= 11 is 0. The topological polar surface area (TPSA) is 56.2 Å². The van der Waals surface area contributed by atoms with Gasteiger partial charge in [-0.1, -0.05) is 18.2 Å². The normalized spacial score (nSPS) is 10.6. The van der Waals surface area contributed by atoms with Crippen molar-refractivity contribution in [1.82, 2.24) is 15.1 Å². The van der Waals surface area contributed by atoms with Crippen molar-refractivity contribution in [2.75, 3.05) is 6.54 Å². The molecule has 3 aromatic rings. The zero-order chi connectivity index (χ0) is 18.5. The van der Waals surface area contributed by atoms with Gasteiger partial charge in [0.25, 0.3) is 5.91 Å². The molecule has 0 fully saturated rings. The van der Waals surface area contributed by atoms with Gasteiger partial charge in [0.1, 0.15) is 11.5 Å². The molecule has 0 aliphatic heterocycles. The highest BCUT2D eigenvalue weighted by molar-refractivity contribution is 5.94. The molecular formula is C21H23N3O2. The van der Waals surface area contributed by atoms with E-state index in [9.17, 15) is 4.79 Å². The molecule has 0 saturated heterocycles. The highest BCUT2D eigenvalue weighted by atomic mass is 16.5. The number of para-hydroxylation sites is 1. The minimum Gasteiger partial charge on any atom is -0.457 e. The predicted molar refractivity (Wildman–Crippen MR) is 102 cm³/mol. The van der Waals surface area contributed by atoms with Gasteiger partial charge in [0.15, 0.2) is 0 Å². The first-order valence-electron chi connectivity index (χ1n) is 8.65. The van der Waals surface area contributed by atoms with Crippen LogP contribution in [0.5, 0.6) is 11.5 Å². The van der Waals surface area contributed by atoms with Crippen LogP contribution in [0.25, 0.3) is 0 Å². The van der Waals surface area contributed by atoms with E-state index >= 15 is 0 Å². The van der Waals surface area contributed by atoms with Crippen molar-refractivity contribution in [3.8, 4) is 11.5 Å². The average molecular weight is 349 g/mol. The van der Waals surface area contributed by atoms with Crippen molar-refractivity contribution in [3.05, 3.63) is 77.1 Å². The summed E-state index contributed by atoms with van der Waals surface area (Å²) in [5, 5.41) is 7.36. The number of ether oxygens (including phenoxy) is 1. The molecule has 1 aromatic heterocycles. The smallest absolute Gasteiger partial charge is 0.251 e. The van der Waals surface area contributed by atoms with E-state index in [0.717, 1.165) is 23.6 Å². The quantitative estimate of drug-likeness (QED) is 0.736. The molecule has 1 N–H and O–H groups in total. The Morgan fingerprint density at radius 1 is 1.04 bits per heavy atom. The molecule has 1 amide bonds. The number of aryl methyl sites for hydroxylation is 2. The standard InChI is InChI=1S/C21H23N3O2/c1-15-20(16(2)24(3)23-15)13-14-22-21(25)17-9-11-19(12-10-17)26-18-7-5-4-6-8-18/h4-12H,13-14H2,1-3H3,(H,22,25). The summed E-state index contributed by atoms with van der Waals surface area (Å²) in [6.45, 7) is 4.62. The highest BCUT2D eigenvalue weighted by Crippen LogP contribution is 2.21. The van der Waals surface area contributed by atoms with Crippen LogP contribution in [0.4, 0.5) is 0 Å². The Morgan fingerprint density at radius 2 is 1.69 bits per heavy atom. The van der Waals surface area contributed by atoms with E-state index in [1.807, 2.05) is 55.9 Å². The number of hydrogen-bond acceptors (Lipinski definition) is 3. The van der Waals surface area contributed by atoms with Crippen LogP contribution in [-0.2, 0) is 13.5 Å². The minimum atomic E-state index is -0.0875. The minimum absolute atomic E-state index is 0.0875. The zero-order valence-corrected chi connectivity index (χ0v) is 15.3. The third-order valence-electron chi connectivity index (χ3n) is 4.41. The van der Waals surface area contributed by atoms with Crippen LogP contribution in [0.2, 0.25) is 0 Å². The fourth-order valence-electron chi connectivity index (χ4n) is 2.88. The van der Waals surface area contributed by atoms with Crippen molar-refractivity contribution in [3.63, 3.8) is 0 Å². The summed E-state index contributed by atoms with van der Waals surface area (Å²) in [5.41, 5.74) is 3.96. The van der Waals surface area contributed by atoms with Crippen molar-refractivity contribution in [2.24, 2.45) is 7.05 Å². The first-order chi connectivity index (χ1) is 12.5. The summed E-state index contributed by atoms with van der Waals surface area (Å²) < 4.78 is 7.61. The first kappa shape index (κ1) is 17.7. The molecule has 5 nitrogen and oxygen atoms in total. The van der Waals surface area contributed by atoms with Crippen LogP contribution in [0, 0.1) is 13.8 Å². The van der Waals surface area contributed by atoms with Crippen LogP contribution < -0.4 is 10.1 Å². The van der Waals surface area contributed by atoms with Gasteiger partial charge in [-0.3, -0.25) is 9.48 Å². The lowest BCUT2D eigenvalue weighted by atomic mass is 10.1. The van der Waals surface area contributed by atoms with Crippen LogP contribution in [0.15, 0.2) is 54.6 Å². The molecule has 0 unspecified atom stereocenters. The fourth-order valence-corrected chi connectivity index (χ4v) is 2.88. The van der Waals surface area contributed by atoms with Crippen molar-refractivity contribution in [1.29, 1.82) is 0 Å². The van der Waals surface area contributed by atoms with Gasteiger partial charge < -0.3 is 10.1 Å². The molecular weight excluding hydrogens is 326 g/mol. The average Bonchev–Trinajstić information content (AvgIpc) is 2.89. The summed E-state index contributed by atoms with van der Waals surface area (Å²) in [6, 6.07) is 16.7. The fraction of sp³-hybridized carbons (Fsp3) is 0.238. The third-order valence-corrected chi connectivity index (χ3v) is 4.41. The Hall–Kier alpha value is -3.08. The Kier molecular flexibility index (Phi) is 5.37. The Bertz CT molecular complexity index is 884. The van der Waals surface area contributed by atoms with Crippen LogP contribution >= 0.6 is 0 Å². The third kappa shape index (κ3) is 4.11. The van der Waals surface area contributed by atoms with Crippen LogP contribution in [0.3, 0.4) is 0 Å². The molecule has 26 heavy (non-hydrogen) atoms. The molecule has 3 rings (SSSR count). The lowest BCUT2D eigenvalue weighted by Gasteiger charge is -2.08. The second-order valence-corrected chi connectivity index (χ2v) is 6.22.